The van der Waals surface area contributed by atoms with Crippen LogP contribution in [0.5, 0.6) is 0 Å². The number of hydrogen-bond donors (Lipinski definition) is 1. The minimum atomic E-state index is -0.374. The van der Waals surface area contributed by atoms with E-state index in [1.54, 1.807) is 23.6 Å². The van der Waals surface area contributed by atoms with E-state index < -0.39 is 0 Å². The Kier molecular flexibility index (Phi) is 5.53. The van der Waals surface area contributed by atoms with Gasteiger partial charge < -0.3 is 10.5 Å². The van der Waals surface area contributed by atoms with Gasteiger partial charge >= 0.3 is 5.97 Å². The summed E-state index contributed by atoms with van der Waals surface area (Å²) >= 11 is 7.97. The normalized spacial score (nSPS) is 11.4. The van der Waals surface area contributed by atoms with Crippen molar-refractivity contribution in [2.24, 2.45) is 0 Å². The Labute approximate surface area is 168 Å². The molecule has 0 aliphatic rings. The molecule has 4 nitrogen and oxygen atoms in total. The van der Waals surface area contributed by atoms with Crippen LogP contribution in [0.1, 0.15) is 26.5 Å². The number of aromatic nitrogens is 1. The Hall–Kier alpha value is -2.37. The van der Waals surface area contributed by atoms with E-state index in [4.69, 9.17) is 22.1 Å². The number of halogens is 1. The van der Waals surface area contributed by atoms with Crippen LogP contribution in [0.3, 0.4) is 0 Å². The van der Waals surface area contributed by atoms with Crippen molar-refractivity contribution in [1.82, 2.24) is 4.98 Å². The lowest BCUT2D eigenvalue weighted by molar-refractivity contribution is -0.142. The van der Waals surface area contributed by atoms with Crippen molar-refractivity contribution < 1.29 is 9.53 Å². The summed E-state index contributed by atoms with van der Waals surface area (Å²) in [5, 5.41) is 2.74. The second-order valence-corrected chi connectivity index (χ2v) is 8.35. The molecular formula is C21H21ClN2O2S. The van der Waals surface area contributed by atoms with E-state index in [0.717, 1.165) is 27.3 Å². The highest BCUT2D eigenvalue weighted by molar-refractivity contribution is 7.14. The predicted molar refractivity (Wildman–Crippen MR) is 112 cm³/mol. The first-order valence-electron chi connectivity index (χ1n) is 8.50. The molecule has 2 heterocycles. The molecule has 3 rings (SSSR count). The maximum atomic E-state index is 11.1. The van der Waals surface area contributed by atoms with Crippen molar-refractivity contribution in [2.45, 2.75) is 26.2 Å². The number of thiophene rings is 1. The summed E-state index contributed by atoms with van der Waals surface area (Å²) in [5.74, 6) is -0.290. The van der Waals surface area contributed by atoms with Crippen molar-refractivity contribution in [3.63, 3.8) is 0 Å². The Morgan fingerprint density at radius 3 is 2.70 bits per heavy atom. The Morgan fingerprint density at radius 1 is 1.22 bits per heavy atom. The molecule has 0 unspecified atom stereocenters. The number of hydrogen-bond acceptors (Lipinski definition) is 5. The summed E-state index contributed by atoms with van der Waals surface area (Å²) in [5.41, 5.74) is 10.0. The number of rotatable bonds is 5. The zero-order valence-electron chi connectivity index (χ0n) is 15.5. The average Bonchev–Trinajstić information content (AvgIpc) is 3.10. The molecule has 0 saturated heterocycles. The fourth-order valence-electron chi connectivity index (χ4n) is 2.70. The molecule has 0 saturated carbocycles. The molecule has 0 atom stereocenters. The number of carbonyl (C=O) groups excluding carboxylic acids is 1. The van der Waals surface area contributed by atoms with Crippen LogP contribution in [0, 0.1) is 0 Å². The molecular weight excluding hydrogens is 380 g/mol. The predicted octanol–water partition coefficient (Wildman–Crippen LogP) is 5.55. The number of carbonyl (C=O) groups is 1. The fourth-order valence-corrected chi connectivity index (χ4v) is 4.00. The van der Waals surface area contributed by atoms with Gasteiger partial charge in [-0.05, 0) is 46.8 Å². The van der Waals surface area contributed by atoms with E-state index >= 15 is 0 Å². The topological polar surface area (TPSA) is 65.2 Å². The second-order valence-electron chi connectivity index (χ2n) is 7.03. The monoisotopic (exact) mass is 400 g/mol. The van der Waals surface area contributed by atoms with Crippen LogP contribution in [-0.2, 0) is 14.9 Å². The minimum absolute atomic E-state index is 0.286. The van der Waals surface area contributed by atoms with Gasteiger partial charge in [-0.1, -0.05) is 31.5 Å². The van der Waals surface area contributed by atoms with Crippen molar-refractivity contribution in [3.05, 3.63) is 58.7 Å². The van der Waals surface area contributed by atoms with Gasteiger partial charge in [0.2, 0.25) is 0 Å². The van der Waals surface area contributed by atoms with Crippen molar-refractivity contribution in [3.8, 4) is 21.6 Å². The van der Waals surface area contributed by atoms with Crippen molar-refractivity contribution >= 4 is 34.6 Å². The zero-order valence-corrected chi connectivity index (χ0v) is 17.0. The fraction of sp³-hybridized carbons (Fsp3) is 0.238. The number of pyridine rings is 1. The summed E-state index contributed by atoms with van der Waals surface area (Å²) < 4.78 is 5.19. The molecule has 0 bridgehead atoms. The molecule has 0 amide bonds. The number of nitrogens with two attached hydrogens (primary N) is 1. The molecule has 1 aromatic carbocycles. The molecule has 0 spiro atoms. The van der Waals surface area contributed by atoms with E-state index in [1.165, 1.54) is 6.92 Å². The third-order valence-corrected chi connectivity index (χ3v) is 5.56. The first-order valence-corrected chi connectivity index (χ1v) is 9.76. The maximum absolute atomic E-state index is 11.1. The number of nitrogens with zero attached hydrogens (tertiary/aromatic N) is 1. The van der Waals surface area contributed by atoms with E-state index in [0.29, 0.717) is 10.7 Å². The summed E-state index contributed by atoms with van der Waals surface area (Å²) in [6.07, 6.45) is 1.79. The molecule has 2 N–H and O–H groups in total. The SMILES string of the molecule is CC(=O)OCC(C)(C)c1cc(-c2csc(-c3ccc(N)cc3Cl)c2)ccn1. The summed E-state index contributed by atoms with van der Waals surface area (Å²) in [6, 6.07) is 11.7. The summed E-state index contributed by atoms with van der Waals surface area (Å²) in [6.45, 7) is 5.72. The molecule has 6 heteroatoms. The second kappa shape index (κ2) is 7.71. The molecule has 2 aromatic heterocycles. The lowest BCUT2D eigenvalue weighted by Crippen LogP contribution is -2.26. The van der Waals surface area contributed by atoms with Crippen molar-refractivity contribution in [2.75, 3.05) is 12.3 Å². The number of ether oxygens (including phenoxy) is 1. The Balaban J connectivity index is 1.90. The number of esters is 1. The van der Waals surface area contributed by atoms with Gasteiger partial charge in [-0.3, -0.25) is 9.78 Å². The van der Waals surface area contributed by atoms with Gasteiger partial charge in [0.05, 0.1) is 5.02 Å². The average molecular weight is 401 g/mol. The number of nitrogen functional groups attached to an aromatic ring is 1. The third kappa shape index (κ3) is 4.49. The minimum Gasteiger partial charge on any atom is -0.465 e. The summed E-state index contributed by atoms with van der Waals surface area (Å²) in [7, 11) is 0. The van der Waals surface area contributed by atoms with Crippen molar-refractivity contribution in [1.29, 1.82) is 0 Å². The van der Waals surface area contributed by atoms with Gasteiger partial charge in [-0.25, -0.2) is 0 Å². The molecule has 140 valence electrons. The van der Waals surface area contributed by atoms with Gasteiger partial charge in [0.1, 0.15) is 6.61 Å². The lowest BCUT2D eigenvalue weighted by Gasteiger charge is -2.23. The maximum Gasteiger partial charge on any atom is 0.302 e. The standard InChI is InChI=1S/C21H21ClN2O2S/c1-13(25)26-12-21(2,3)20-9-14(6-7-24-20)15-8-19(27-11-15)17-5-4-16(23)10-18(17)22/h4-11H,12,23H2,1-3H3. The van der Waals surface area contributed by atoms with E-state index in [1.807, 2.05) is 38.1 Å². The van der Waals surface area contributed by atoms with Crippen LogP contribution in [0.25, 0.3) is 21.6 Å². The highest BCUT2D eigenvalue weighted by atomic mass is 35.5. The first kappa shape index (κ1) is 19.4. The smallest absolute Gasteiger partial charge is 0.302 e. The highest BCUT2D eigenvalue weighted by Crippen LogP contribution is 2.37. The Morgan fingerprint density at radius 2 is 2.00 bits per heavy atom. The molecule has 0 aliphatic heterocycles. The zero-order chi connectivity index (χ0) is 19.6. The lowest BCUT2D eigenvalue weighted by atomic mass is 9.88. The highest BCUT2D eigenvalue weighted by Gasteiger charge is 2.24. The van der Waals surface area contributed by atoms with E-state index in [9.17, 15) is 4.79 Å². The van der Waals surface area contributed by atoms with Gasteiger partial charge in [0.15, 0.2) is 0 Å². The molecule has 0 fully saturated rings. The van der Waals surface area contributed by atoms with Crippen LogP contribution < -0.4 is 5.73 Å². The largest absolute Gasteiger partial charge is 0.465 e. The molecule has 27 heavy (non-hydrogen) atoms. The van der Waals surface area contributed by atoms with E-state index in [2.05, 4.69) is 16.4 Å². The van der Waals surface area contributed by atoms with Gasteiger partial charge in [0.25, 0.3) is 0 Å². The van der Waals surface area contributed by atoms with Gasteiger partial charge in [-0.2, -0.15) is 0 Å². The quantitative estimate of drug-likeness (QED) is 0.450. The van der Waals surface area contributed by atoms with E-state index in [-0.39, 0.29) is 18.0 Å². The van der Waals surface area contributed by atoms with Crippen LogP contribution in [0.15, 0.2) is 48.0 Å². The summed E-state index contributed by atoms with van der Waals surface area (Å²) in [4.78, 5) is 16.7. The van der Waals surface area contributed by atoms with Gasteiger partial charge in [0, 0.05) is 40.4 Å². The first-order chi connectivity index (χ1) is 12.8. The molecule has 3 aromatic rings. The third-order valence-electron chi connectivity index (χ3n) is 4.28. The Bertz CT molecular complexity index is 982. The van der Waals surface area contributed by atoms with Crippen LogP contribution in [0.2, 0.25) is 5.02 Å². The number of anilines is 1. The van der Waals surface area contributed by atoms with Crippen LogP contribution in [0.4, 0.5) is 5.69 Å². The molecule has 0 radical (unpaired) electrons. The molecule has 0 aliphatic carbocycles. The van der Waals surface area contributed by atoms with Crippen LogP contribution in [-0.4, -0.2) is 17.6 Å². The van der Waals surface area contributed by atoms with Gasteiger partial charge in [-0.15, -0.1) is 11.3 Å². The van der Waals surface area contributed by atoms with Crippen LogP contribution >= 0.6 is 22.9 Å². The number of benzene rings is 1.